The van der Waals surface area contributed by atoms with Crippen molar-refractivity contribution in [3.63, 3.8) is 0 Å². The highest BCUT2D eigenvalue weighted by atomic mass is 14.4. The van der Waals surface area contributed by atoms with E-state index in [4.69, 9.17) is 0 Å². The number of hydrogen-bond donors (Lipinski definition) is 0. The van der Waals surface area contributed by atoms with E-state index in [-0.39, 0.29) is 0 Å². The maximum atomic E-state index is 2.45. The molecule has 0 amide bonds. The van der Waals surface area contributed by atoms with Crippen LogP contribution in [0.15, 0.2) is 0 Å². The second-order valence-electron chi connectivity index (χ2n) is 5.36. The molecular weight excluding hydrogens is 132 g/mol. The summed E-state index contributed by atoms with van der Waals surface area (Å²) in [5.41, 5.74) is 0.672. The van der Waals surface area contributed by atoms with Crippen LogP contribution in [0.5, 0.6) is 0 Å². The van der Waals surface area contributed by atoms with Gasteiger partial charge in [-0.2, -0.15) is 0 Å². The molecule has 0 N–H and O–H groups in total. The molecule has 2 fully saturated rings. The number of fused-ring (bicyclic) bond motifs is 1. The fraction of sp³-hybridized carbons (Fsp3) is 1.00. The van der Waals surface area contributed by atoms with Crippen LogP contribution >= 0.6 is 0 Å². The zero-order chi connectivity index (χ0) is 7.90. The van der Waals surface area contributed by atoms with E-state index in [9.17, 15) is 0 Å². The quantitative estimate of drug-likeness (QED) is 0.497. The molecule has 0 aromatic heterocycles. The summed E-state index contributed by atoms with van der Waals surface area (Å²) in [6, 6.07) is 0. The Morgan fingerprint density at radius 1 is 1.00 bits per heavy atom. The van der Waals surface area contributed by atoms with Crippen molar-refractivity contribution in [1.29, 1.82) is 0 Å². The van der Waals surface area contributed by atoms with Crippen molar-refractivity contribution in [1.82, 2.24) is 0 Å². The van der Waals surface area contributed by atoms with Crippen molar-refractivity contribution in [3.05, 3.63) is 0 Å². The van der Waals surface area contributed by atoms with Crippen LogP contribution in [0.2, 0.25) is 0 Å². The minimum absolute atomic E-state index is 0.672. The molecule has 64 valence electrons. The molecule has 0 aromatic carbocycles. The van der Waals surface area contributed by atoms with Gasteiger partial charge in [-0.25, -0.2) is 0 Å². The van der Waals surface area contributed by atoms with Gasteiger partial charge in [0.1, 0.15) is 0 Å². The lowest BCUT2D eigenvalue weighted by molar-refractivity contribution is 0.139. The highest BCUT2D eigenvalue weighted by molar-refractivity contribution is 4.88. The van der Waals surface area contributed by atoms with E-state index in [1.807, 2.05) is 0 Å². The van der Waals surface area contributed by atoms with E-state index in [2.05, 4.69) is 13.8 Å². The molecule has 11 heavy (non-hydrogen) atoms. The topological polar surface area (TPSA) is 0 Å². The molecule has 2 unspecified atom stereocenters. The van der Waals surface area contributed by atoms with E-state index in [0.29, 0.717) is 5.41 Å². The summed E-state index contributed by atoms with van der Waals surface area (Å²) in [5, 5.41) is 0. The Kier molecular flexibility index (Phi) is 1.74. The summed E-state index contributed by atoms with van der Waals surface area (Å²) in [7, 11) is 0. The Morgan fingerprint density at radius 2 is 1.73 bits per heavy atom. The third-order valence-corrected chi connectivity index (χ3v) is 3.82. The zero-order valence-electron chi connectivity index (χ0n) is 7.90. The molecule has 0 heterocycles. The Balaban J connectivity index is 2.02. The first-order valence-corrected chi connectivity index (χ1v) is 5.17. The Bertz CT molecular complexity index is 146. The van der Waals surface area contributed by atoms with Crippen molar-refractivity contribution in [2.75, 3.05) is 0 Å². The summed E-state index contributed by atoms with van der Waals surface area (Å²) in [6.45, 7) is 4.89. The van der Waals surface area contributed by atoms with Gasteiger partial charge in [-0.15, -0.1) is 0 Å². The fourth-order valence-electron chi connectivity index (χ4n) is 3.15. The Morgan fingerprint density at radius 3 is 2.55 bits per heavy atom. The average molecular weight is 152 g/mol. The van der Waals surface area contributed by atoms with Gasteiger partial charge in [0.2, 0.25) is 0 Å². The highest BCUT2D eigenvalue weighted by Gasteiger charge is 2.36. The third-order valence-electron chi connectivity index (χ3n) is 3.82. The molecule has 0 spiro atoms. The van der Waals surface area contributed by atoms with Crippen LogP contribution in [-0.2, 0) is 0 Å². The highest BCUT2D eigenvalue weighted by Crippen LogP contribution is 2.48. The zero-order valence-corrected chi connectivity index (χ0v) is 7.90. The second-order valence-corrected chi connectivity index (χ2v) is 5.36. The van der Waals surface area contributed by atoms with Crippen LogP contribution in [0.25, 0.3) is 0 Å². The smallest absolute Gasteiger partial charge is 0.0351 e. The van der Waals surface area contributed by atoms with Gasteiger partial charge in [-0.3, -0.25) is 0 Å². The van der Waals surface area contributed by atoms with Gasteiger partial charge in [0, 0.05) is 0 Å². The van der Waals surface area contributed by atoms with E-state index in [1.54, 1.807) is 6.42 Å². The van der Waals surface area contributed by atoms with Crippen molar-refractivity contribution < 1.29 is 0 Å². The summed E-state index contributed by atoms with van der Waals surface area (Å²) in [4.78, 5) is 0. The lowest BCUT2D eigenvalue weighted by atomic mass is 9.68. The van der Waals surface area contributed by atoms with Crippen LogP contribution in [0.4, 0.5) is 0 Å². The van der Waals surface area contributed by atoms with Crippen LogP contribution in [0, 0.1) is 17.3 Å². The van der Waals surface area contributed by atoms with Crippen LogP contribution in [-0.4, -0.2) is 0 Å². The second kappa shape index (κ2) is 2.50. The standard InChI is InChI=1S/C11H20/c1-11(2)7-6-9-4-3-5-10(9)8-11/h9-10H,3-8H2,1-2H3. The van der Waals surface area contributed by atoms with Crippen LogP contribution < -0.4 is 0 Å². The van der Waals surface area contributed by atoms with Crippen molar-refractivity contribution >= 4 is 0 Å². The van der Waals surface area contributed by atoms with Gasteiger partial charge in [-0.05, 0) is 36.5 Å². The van der Waals surface area contributed by atoms with Crippen molar-refractivity contribution in [2.45, 2.75) is 52.4 Å². The van der Waals surface area contributed by atoms with Gasteiger partial charge >= 0.3 is 0 Å². The van der Waals surface area contributed by atoms with Gasteiger partial charge < -0.3 is 0 Å². The van der Waals surface area contributed by atoms with Gasteiger partial charge in [0.05, 0.1) is 0 Å². The monoisotopic (exact) mass is 152 g/mol. The molecule has 2 aliphatic carbocycles. The predicted octanol–water partition coefficient (Wildman–Crippen LogP) is 3.61. The first-order valence-electron chi connectivity index (χ1n) is 5.17. The molecule has 0 saturated heterocycles. The van der Waals surface area contributed by atoms with Gasteiger partial charge in [0.15, 0.2) is 0 Å². The Hall–Kier alpha value is 0. The Labute approximate surface area is 70.4 Å². The lowest BCUT2D eigenvalue weighted by Crippen LogP contribution is -2.26. The summed E-state index contributed by atoms with van der Waals surface area (Å²) < 4.78 is 0. The van der Waals surface area contributed by atoms with E-state index in [1.165, 1.54) is 32.1 Å². The van der Waals surface area contributed by atoms with E-state index in [0.717, 1.165) is 11.8 Å². The molecule has 0 heteroatoms. The van der Waals surface area contributed by atoms with Crippen LogP contribution in [0.3, 0.4) is 0 Å². The van der Waals surface area contributed by atoms with Gasteiger partial charge in [0.25, 0.3) is 0 Å². The summed E-state index contributed by atoms with van der Waals surface area (Å²) in [6.07, 6.45) is 9.11. The minimum atomic E-state index is 0.672. The number of rotatable bonds is 0. The first kappa shape index (κ1) is 7.64. The maximum Gasteiger partial charge on any atom is -0.0351 e. The van der Waals surface area contributed by atoms with Crippen LogP contribution in [0.1, 0.15) is 52.4 Å². The van der Waals surface area contributed by atoms with Crippen molar-refractivity contribution in [2.24, 2.45) is 17.3 Å². The van der Waals surface area contributed by atoms with E-state index < -0.39 is 0 Å². The molecule has 2 atom stereocenters. The predicted molar refractivity (Wildman–Crippen MR) is 48.5 cm³/mol. The third kappa shape index (κ3) is 1.45. The number of hydrogen-bond acceptors (Lipinski definition) is 0. The SMILES string of the molecule is CC1(C)CCC2CCCC2C1. The largest absolute Gasteiger partial charge is 0.0599 e. The van der Waals surface area contributed by atoms with Gasteiger partial charge in [-0.1, -0.05) is 33.1 Å². The molecule has 0 aliphatic heterocycles. The fourth-order valence-corrected chi connectivity index (χ4v) is 3.15. The molecular formula is C11H20. The molecule has 2 saturated carbocycles. The first-order chi connectivity index (χ1) is 5.17. The maximum absolute atomic E-state index is 2.45. The average Bonchev–Trinajstić information content (AvgIpc) is 2.31. The molecule has 0 bridgehead atoms. The molecule has 2 aliphatic rings. The minimum Gasteiger partial charge on any atom is -0.0599 e. The normalized spacial score (nSPS) is 42.0. The summed E-state index contributed by atoms with van der Waals surface area (Å²) >= 11 is 0. The lowest BCUT2D eigenvalue weighted by Gasteiger charge is -2.37. The molecule has 0 aromatic rings. The summed E-state index contributed by atoms with van der Waals surface area (Å²) in [5.74, 6) is 2.24. The molecule has 2 rings (SSSR count). The molecule has 0 radical (unpaired) electrons. The molecule has 0 nitrogen and oxygen atoms in total. The van der Waals surface area contributed by atoms with Crippen molar-refractivity contribution in [3.8, 4) is 0 Å². The van der Waals surface area contributed by atoms with E-state index >= 15 is 0 Å².